The third-order valence-electron chi connectivity index (χ3n) is 5.35. The molecule has 0 N–H and O–H groups in total. The van der Waals surface area contributed by atoms with Crippen LogP contribution in [-0.4, -0.2) is 31.0 Å². The fourth-order valence-corrected chi connectivity index (χ4v) is 4.33. The second-order valence-electron chi connectivity index (χ2n) is 7.27. The van der Waals surface area contributed by atoms with Crippen LogP contribution < -0.4 is 3.79 Å². The Morgan fingerprint density at radius 3 is 2.03 bits per heavy atom. The number of hydrogen-bond acceptors (Lipinski definition) is 2. The van der Waals surface area contributed by atoms with E-state index in [0.717, 1.165) is 40.5 Å². The number of hydrogen-bond donors (Lipinski definition) is 0. The van der Waals surface area contributed by atoms with Crippen molar-refractivity contribution in [3.05, 3.63) is 121 Å². The lowest BCUT2D eigenvalue weighted by molar-refractivity contribution is 0.597. The molecule has 0 spiro atoms. The summed E-state index contributed by atoms with van der Waals surface area (Å²) in [6.45, 7) is 0. The fraction of sp³-hybridized carbons (Fsp3) is 0.0385. The van der Waals surface area contributed by atoms with Crippen molar-refractivity contribution >= 4 is 16.6 Å². The lowest BCUT2D eigenvalue weighted by Crippen LogP contribution is -2.04. The van der Waals surface area contributed by atoms with Gasteiger partial charge in [0, 0.05) is 30.1 Å². The summed E-state index contributed by atoms with van der Waals surface area (Å²) in [7, 11) is 0. The van der Waals surface area contributed by atoms with Crippen LogP contribution in [0.25, 0.3) is 22.6 Å². The predicted octanol–water partition coefficient (Wildman–Crippen LogP) is 5.12. The van der Waals surface area contributed by atoms with Crippen molar-refractivity contribution in [1.82, 2.24) is 14.3 Å². The van der Waals surface area contributed by atoms with Gasteiger partial charge in [-0.2, -0.15) is 5.10 Å². The van der Waals surface area contributed by atoms with Gasteiger partial charge >= 0.3 is 16.6 Å². The van der Waals surface area contributed by atoms with Crippen LogP contribution in [0.1, 0.15) is 11.3 Å². The Kier molecular flexibility index (Phi) is 5.45. The van der Waals surface area contributed by atoms with Gasteiger partial charge in [0.2, 0.25) is 0 Å². The molecule has 0 aliphatic heterocycles. The van der Waals surface area contributed by atoms with Crippen LogP contribution >= 0.6 is 0 Å². The first-order valence-corrected chi connectivity index (χ1v) is 10.8. The Hall–Kier alpha value is -3.52. The number of benzene rings is 3. The monoisotopic (exact) mass is 418 g/mol. The SMILES string of the molecule is [AlH][O]c1c(-n2cccn2)c(-c2ccccc2)n(-c2ccccc2)c1Cc1ccccc1. The summed E-state index contributed by atoms with van der Waals surface area (Å²) in [5.74, 6) is 0.841. The molecule has 0 bridgehead atoms. The molecule has 149 valence electrons. The summed E-state index contributed by atoms with van der Waals surface area (Å²) in [4.78, 5) is 0. The van der Waals surface area contributed by atoms with E-state index in [1.165, 1.54) is 22.2 Å². The van der Waals surface area contributed by atoms with Gasteiger partial charge < -0.3 is 8.36 Å². The maximum absolute atomic E-state index is 6.08. The zero-order valence-electron chi connectivity index (χ0n) is 17.1. The summed E-state index contributed by atoms with van der Waals surface area (Å²) < 4.78 is 10.3. The van der Waals surface area contributed by atoms with Crippen LogP contribution in [0.2, 0.25) is 0 Å². The third kappa shape index (κ3) is 3.70. The molecule has 4 nitrogen and oxygen atoms in total. The van der Waals surface area contributed by atoms with Gasteiger partial charge in [-0.25, -0.2) is 4.68 Å². The molecule has 0 aliphatic carbocycles. The first kappa shape index (κ1) is 19.4. The van der Waals surface area contributed by atoms with Gasteiger partial charge in [-0.15, -0.1) is 0 Å². The standard InChI is InChI=1S/C26H21N3O.Al.H/c30-26-23(19-20-11-4-1-5-12-20)29(22-15-8-3-9-16-22)24(21-13-6-2-7-14-21)25(26)28-18-10-17-27-28;;/h1-18,30H,19H2;;/q;+1;/p-1. The van der Waals surface area contributed by atoms with Crippen LogP contribution in [0, 0.1) is 0 Å². The van der Waals surface area contributed by atoms with E-state index in [9.17, 15) is 0 Å². The van der Waals surface area contributed by atoms with Crippen molar-refractivity contribution in [2.45, 2.75) is 6.42 Å². The largest absolute Gasteiger partial charge is 0.648 e. The second-order valence-corrected chi connectivity index (χ2v) is 7.56. The van der Waals surface area contributed by atoms with Crippen LogP contribution in [0.15, 0.2) is 109 Å². The number of para-hydroxylation sites is 1. The topological polar surface area (TPSA) is 32.0 Å². The molecule has 0 fully saturated rings. The lowest BCUT2D eigenvalue weighted by Gasteiger charge is -2.15. The van der Waals surface area contributed by atoms with E-state index in [1.807, 2.05) is 35.1 Å². The van der Waals surface area contributed by atoms with E-state index in [1.54, 1.807) is 6.20 Å². The van der Waals surface area contributed by atoms with Gasteiger partial charge in [-0.1, -0.05) is 78.9 Å². The lowest BCUT2D eigenvalue weighted by atomic mass is 10.1. The van der Waals surface area contributed by atoms with Gasteiger partial charge in [0.25, 0.3) is 0 Å². The molecule has 0 amide bonds. The Balaban J connectivity index is 1.87. The highest BCUT2D eigenvalue weighted by atomic mass is 27.1. The molecule has 1 radical (unpaired) electrons. The smallest absolute Gasteiger partial charge is 0.494 e. The molecule has 2 aromatic heterocycles. The fourth-order valence-electron chi connectivity index (χ4n) is 4.02. The molecule has 2 heterocycles. The zero-order valence-corrected chi connectivity index (χ0v) is 18.5. The molecular formula is C26H21AlN3O. The van der Waals surface area contributed by atoms with Gasteiger partial charge in [-0.3, -0.25) is 0 Å². The molecule has 0 atom stereocenters. The quantitative estimate of drug-likeness (QED) is 0.359. The molecule has 5 heteroatoms. The van der Waals surface area contributed by atoms with E-state index < -0.39 is 0 Å². The van der Waals surface area contributed by atoms with Crippen LogP contribution in [0.3, 0.4) is 0 Å². The summed E-state index contributed by atoms with van der Waals surface area (Å²) >= 11 is 1.51. The Morgan fingerprint density at radius 2 is 1.42 bits per heavy atom. The Morgan fingerprint density at radius 1 is 0.774 bits per heavy atom. The van der Waals surface area contributed by atoms with Crippen molar-refractivity contribution in [3.63, 3.8) is 0 Å². The van der Waals surface area contributed by atoms with Crippen molar-refractivity contribution in [3.8, 4) is 28.4 Å². The normalized spacial score (nSPS) is 10.8. The van der Waals surface area contributed by atoms with E-state index in [0.29, 0.717) is 0 Å². The molecular weight excluding hydrogens is 397 g/mol. The highest BCUT2D eigenvalue weighted by Crippen LogP contribution is 2.42. The van der Waals surface area contributed by atoms with E-state index in [-0.39, 0.29) is 0 Å². The van der Waals surface area contributed by atoms with E-state index >= 15 is 0 Å². The maximum Gasteiger partial charge on any atom is 0.494 e. The average Bonchev–Trinajstić information content (AvgIpc) is 3.47. The van der Waals surface area contributed by atoms with Crippen LogP contribution in [0.5, 0.6) is 5.75 Å². The highest BCUT2D eigenvalue weighted by Gasteiger charge is 2.26. The minimum atomic E-state index is 0.741. The molecule has 0 saturated carbocycles. The minimum Gasteiger partial charge on any atom is -0.648 e. The van der Waals surface area contributed by atoms with Crippen LogP contribution in [-0.2, 0) is 6.42 Å². The molecule has 0 saturated heterocycles. The zero-order chi connectivity index (χ0) is 21.0. The van der Waals surface area contributed by atoms with Gasteiger partial charge in [0.1, 0.15) is 11.4 Å². The van der Waals surface area contributed by atoms with E-state index in [4.69, 9.17) is 3.79 Å². The van der Waals surface area contributed by atoms with Crippen molar-refractivity contribution in [1.29, 1.82) is 0 Å². The summed E-state index contributed by atoms with van der Waals surface area (Å²) in [5.41, 5.74) is 6.52. The summed E-state index contributed by atoms with van der Waals surface area (Å²) in [6.07, 6.45) is 4.51. The third-order valence-corrected chi connectivity index (χ3v) is 5.64. The van der Waals surface area contributed by atoms with Crippen molar-refractivity contribution in [2.75, 3.05) is 0 Å². The Bertz CT molecular complexity index is 1270. The number of rotatable bonds is 6. The molecule has 31 heavy (non-hydrogen) atoms. The van der Waals surface area contributed by atoms with Gasteiger partial charge in [-0.05, 0) is 23.8 Å². The van der Waals surface area contributed by atoms with E-state index in [2.05, 4.69) is 82.5 Å². The molecule has 0 unspecified atom stereocenters. The Labute approximate surface area is 190 Å². The molecule has 5 rings (SSSR count). The van der Waals surface area contributed by atoms with Gasteiger partial charge in [0.05, 0.1) is 11.4 Å². The minimum absolute atomic E-state index is 0.741. The predicted molar refractivity (Wildman–Crippen MR) is 125 cm³/mol. The highest BCUT2D eigenvalue weighted by molar-refractivity contribution is 6.01. The van der Waals surface area contributed by atoms with Gasteiger partial charge in [0.15, 0.2) is 0 Å². The first-order chi connectivity index (χ1) is 15.4. The summed E-state index contributed by atoms with van der Waals surface area (Å²) in [5, 5.41) is 4.56. The van der Waals surface area contributed by atoms with Crippen molar-refractivity contribution < 1.29 is 3.79 Å². The molecule has 5 aromatic rings. The van der Waals surface area contributed by atoms with Crippen LogP contribution in [0.4, 0.5) is 0 Å². The first-order valence-electron chi connectivity index (χ1n) is 10.2. The second kappa shape index (κ2) is 8.69. The summed E-state index contributed by atoms with van der Waals surface area (Å²) in [6, 6.07) is 33.3. The number of aromatic nitrogens is 3. The molecule has 3 aromatic carbocycles. The van der Waals surface area contributed by atoms with Crippen molar-refractivity contribution in [2.24, 2.45) is 0 Å². The molecule has 0 aliphatic rings. The number of nitrogens with zero attached hydrogens (tertiary/aromatic N) is 3. The maximum atomic E-state index is 6.08. The average molecular weight is 418 g/mol.